The summed E-state index contributed by atoms with van der Waals surface area (Å²) in [6.07, 6.45) is -0.761. The number of hydrogen-bond acceptors (Lipinski definition) is 13. The van der Waals surface area contributed by atoms with Gasteiger partial charge in [-0.25, -0.2) is 0 Å². The fourth-order valence-electron chi connectivity index (χ4n) is 2.33. The SMILES string of the molecule is COC(CC(OC)(OC)OC)C(OC)(OC)OCNc1nc(N)nc(N)n1. The minimum atomic E-state index is -1.63. The van der Waals surface area contributed by atoms with Gasteiger partial charge in [-0.1, -0.05) is 0 Å². The van der Waals surface area contributed by atoms with Gasteiger partial charge in [0.2, 0.25) is 17.8 Å². The lowest BCUT2D eigenvalue weighted by atomic mass is 10.1. The fourth-order valence-corrected chi connectivity index (χ4v) is 2.33. The van der Waals surface area contributed by atoms with Gasteiger partial charge >= 0.3 is 5.97 Å². The van der Waals surface area contributed by atoms with E-state index in [4.69, 9.17) is 44.6 Å². The average Bonchev–Trinajstić information content (AvgIpc) is 2.67. The number of nitrogens with one attached hydrogen (secondary N) is 1. The van der Waals surface area contributed by atoms with E-state index in [2.05, 4.69) is 20.3 Å². The second-order valence-electron chi connectivity index (χ2n) is 5.08. The molecule has 156 valence electrons. The summed E-state index contributed by atoms with van der Waals surface area (Å²) in [5, 5.41) is 2.78. The molecule has 0 aliphatic rings. The maximum atomic E-state index is 5.71. The Labute approximate surface area is 157 Å². The zero-order valence-corrected chi connectivity index (χ0v) is 16.3. The summed E-state index contributed by atoms with van der Waals surface area (Å²) in [5.41, 5.74) is 11.0. The highest BCUT2D eigenvalue weighted by Crippen LogP contribution is 2.30. The third-order valence-electron chi connectivity index (χ3n) is 3.79. The molecule has 0 fully saturated rings. The summed E-state index contributed by atoms with van der Waals surface area (Å²) < 4.78 is 37.9. The zero-order valence-electron chi connectivity index (χ0n) is 16.3. The number of hydrogen-bond donors (Lipinski definition) is 3. The molecule has 0 aliphatic heterocycles. The Morgan fingerprint density at radius 1 is 0.852 bits per heavy atom. The molecule has 0 saturated carbocycles. The van der Waals surface area contributed by atoms with Gasteiger partial charge in [-0.2, -0.15) is 15.0 Å². The number of nitrogen functional groups attached to an aromatic ring is 2. The van der Waals surface area contributed by atoms with Gasteiger partial charge in [0.15, 0.2) is 0 Å². The molecule has 1 aromatic heterocycles. The van der Waals surface area contributed by atoms with Gasteiger partial charge in [0, 0.05) is 42.7 Å². The molecule has 13 heteroatoms. The number of aromatic nitrogens is 3. The molecular weight excluding hydrogens is 364 g/mol. The largest absolute Gasteiger partial charge is 0.373 e. The molecule has 1 heterocycles. The van der Waals surface area contributed by atoms with E-state index < -0.39 is 18.1 Å². The number of rotatable bonds is 13. The smallest absolute Gasteiger partial charge is 0.312 e. The third-order valence-corrected chi connectivity index (χ3v) is 3.79. The van der Waals surface area contributed by atoms with Crippen LogP contribution in [0.5, 0.6) is 0 Å². The van der Waals surface area contributed by atoms with Crippen LogP contribution in [0.2, 0.25) is 0 Å². The average molecular weight is 392 g/mol. The van der Waals surface area contributed by atoms with Crippen molar-refractivity contribution in [3.05, 3.63) is 0 Å². The van der Waals surface area contributed by atoms with Crippen molar-refractivity contribution in [1.29, 1.82) is 0 Å². The molecule has 0 amide bonds. The Kier molecular flexibility index (Phi) is 8.98. The Morgan fingerprint density at radius 2 is 1.37 bits per heavy atom. The highest BCUT2D eigenvalue weighted by atomic mass is 16.9. The molecule has 5 N–H and O–H groups in total. The number of nitrogens with two attached hydrogens (primary N) is 2. The molecule has 0 aromatic carbocycles. The van der Waals surface area contributed by atoms with E-state index in [1.54, 1.807) is 0 Å². The molecule has 1 aromatic rings. The van der Waals surface area contributed by atoms with Crippen molar-refractivity contribution in [2.45, 2.75) is 24.5 Å². The van der Waals surface area contributed by atoms with Crippen molar-refractivity contribution in [3.8, 4) is 0 Å². The summed E-state index contributed by atoms with van der Waals surface area (Å²) in [5.74, 6) is -2.97. The minimum Gasteiger partial charge on any atom is -0.373 e. The van der Waals surface area contributed by atoms with Crippen LogP contribution < -0.4 is 16.8 Å². The molecule has 1 unspecified atom stereocenters. The van der Waals surface area contributed by atoms with Crippen LogP contribution in [0.4, 0.5) is 17.8 Å². The van der Waals surface area contributed by atoms with Crippen molar-refractivity contribution >= 4 is 17.8 Å². The Balaban J connectivity index is 2.90. The first-order valence-electron chi connectivity index (χ1n) is 7.77. The maximum absolute atomic E-state index is 5.71. The Hall–Kier alpha value is -1.87. The predicted molar refractivity (Wildman–Crippen MR) is 94.1 cm³/mol. The molecular formula is C14H28N6O7. The number of ether oxygens (including phenoxy) is 7. The van der Waals surface area contributed by atoms with Crippen molar-refractivity contribution in [3.63, 3.8) is 0 Å². The van der Waals surface area contributed by atoms with E-state index in [1.807, 2.05) is 0 Å². The molecule has 27 heavy (non-hydrogen) atoms. The summed E-state index contributed by atoms with van der Waals surface area (Å²) in [6.45, 7) is -0.135. The van der Waals surface area contributed by atoms with Crippen LogP contribution in [-0.4, -0.2) is 82.4 Å². The van der Waals surface area contributed by atoms with E-state index in [0.29, 0.717) is 0 Å². The summed E-state index contributed by atoms with van der Waals surface area (Å²) in [6, 6.07) is 0. The first-order valence-corrected chi connectivity index (χ1v) is 7.77. The lowest BCUT2D eigenvalue weighted by molar-refractivity contribution is -0.425. The molecule has 1 atom stereocenters. The maximum Gasteiger partial charge on any atom is 0.312 e. The van der Waals surface area contributed by atoms with Gasteiger partial charge in [-0.05, 0) is 0 Å². The Bertz CT molecular complexity index is 542. The highest BCUT2D eigenvalue weighted by Gasteiger charge is 2.48. The van der Waals surface area contributed by atoms with Crippen LogP contribution in [-0.2, 0) is 33.2 Å². The first-order chi connectivity index (χ1) is 12.8. The number of anilines is 3. The van der Waals surface area contributed by atoms with Gasteiger partial charge in [0.05, 0.1) is 6.42 Å². The van der Waals surface area contributed by atoms with E-state index in [9.17, 15) is 0 Å². The van der Waals surface area contributed by atoms with Crippen LogP contribution in [0.25, 0.3) is 0 Å². The molecule has 0 saturated heterocycles. The topological polar surface area (TPSA) is 167 Å². The van der Waals surface area contributed by atoms with Crippen LogP contribution >= 0.6 is 0 Å². The highest BCUT2D eigenvalue weighted by molar-refractivity contribution is 5.36. The lowest BCUT2D eigenvalue weighted by Gasteiger charge is -2.40. The zero-order chi connectivity index (χ0) is 20.5. The van der Waals surface area contributed by atoms with Gasteiger partial charge in [0.25, 0.3) is 5.97 Å². The van der Waals surface area contributed by atoms with Crippen molar-refractivity contribution in [2.24, 2.45) is 0 Å². The van der Waals surface area contributed by atoms with Crippen LogP contribution in [0.1, 0.15) is 6.42 Å². The van der Waals surface area contributed by atoms with Crippen LogP contribution in [0, 0.1) is 0 Å². The normalized spacial score (nSPS) is 13.6. The molecule has 0 bridgehead atoms. The van der Waals surface area contributed by atoms with Crippen molar-refractivity contribution in [1.82, 2.24) is 15.0 Å². The van der Waals surface area contributed by atoms with Crippen LogP contribution in [0.15, 0.2) is 0 Å². The van der Waals surface area contributed by atoms with Gasteiger partial charge < -0.3 is 49.9 Å². The standard InChI is InChI=1S/C14H28N6O7/c1-21-9(7-13(22-2,23-3)24-4)14(25-5,26-6)27-8-17-12-19-10(15)18-11(16)20-12/h9H,7-8H2,1-6H3,(H5,15,16,17,18,19,20). The number of nitrogens with zero attached hydrogens (tertiary/aromatic N) is 3. The predicted octanol–water partition coefficient (Wildman–Crippen LogP) is -0.633. The van der Waals surface area contributed by atoms with Gasteiger partial charge in [-0.15, -0.1) is 0 Å². The Morgan fingerprint density at radius 3 is 1.78 bits per heavy atom. The summed E-state index contributed by atoms with van der Waals surface area (Å²) in [4.78, 5) is 11.4. The second kappa shape index (κ2) is 10.5. The molecule has 0 radical (unpaired) electrons. The summed E-state index contributed by atoms with van der Waals surface area (Å²) >= 11 is 0. The quantitative estimate of drug-likeness (QED) is 0.363. The van der Waals surface area contributed by atoms with Crippen molar-refractivity contribution < 1.29 is 33.2 Å². The molecule has 13 nitrogen and oxygen atoms in total. The molecule has 0 aliphatic carbocycles. The summed E-state index contributed by atoms with van der Waals surface area (Å²) in [7, 11) is 8.52. The van der Waals surface area contributed by atoms with Gasteiger partial charge in [0.1, 0.15) is 12.8 Å². The molecule has 0 spiro atoms. The van der Waals surface area contributed by atoms with E-state index >= 15 is 0 Å². The monoisotopic (exact) mass is 392 g/mol. The van der Waals surface area contributed by atoms with E-state index in [0.717, 1.165) is 0 Å². The van der Waals surface area contributed by atoms with E-state index in [1.165, 1.54) is 42.7 Å². The first kappa shape index (κ1) is 23.2. The second-order valence-corrected chi connectivity index (χ2v) is 5.08. The van der Waals surface area contributed by atoms with Crippen LogP contribution in [0.3, 0.4) is 0 Å². The fraction of sp³-hybridized carbons (Fsp3) is 0.786. The van der Waals surface area contributed by atoms with Crippen molar-refractivity contribution in [2.75, 3.05) is 66.2 Å². The third kappa shape index (κ3) is 5.80. The number of methoxy groups -OCH3 is 6. The van der Waals surface area contributed by atoms with Gasteiger partial charge in [-0.3, -0.25) is 0 Å². The molecule has 1 rings (SSSR count). The minimum absolute atomic E-state index is 0.0328. The van der Waals surface area contributed by atoms with E-state index in [-0.39, 0.29) is 31.0 Å². The lowest BCUT2D eigenvalue weighted by Crippen LogP contribution is -2.54.